The van der Waals surface area contributed by atoms with Crippen molar-refractivity contribution < 1.29 is 22.7 Å². The fourth-order valence-electron chi connectivity index (χ4n) is 2.42. The Hall–Kier alpha value is -2.38. The van der Waals surface area contributed by atoms with Crippen molar-refractivity contribution in [1.82, 2.24) is 4.72 Å². The molecule has 1 fully saturated rings. The molecule has 26 heavy (non-hydrogen) atoms. The molecule has 0 heterocycles. The second-order valence-corrected chi connectivity index (χ2v) is 7.87. The summed E-state index contributed by atoms with van der Waals surface area (Å²) in [5.41, 5.74) is 1.24. The van der Waals surface area contributed by atoms with Crippen LogP contribution in [0.5, 0.6) is 5.75 Å². The van der Waals surface area contributed by atoms with E-state index in [4.69, 9.17) is 9.47 Å². The Bertz CT molecular complexity index is 873. The highest BCUT2D eigenvalue weighted by Crippen LogP contribution is 2.22. The summed E-state index contributed by atoms with van der Waals surface area (Å²) in [7, 11) is -1.99. The lowest BCUT2D eigenvalue weighted by Crippen LogP contribution is -2.25. The largest absolute Gasteiger partial charge is 0.497 e. The number of carbonyl (C=O) groups is 1. The Balaban J connectivity index is 1.58. The molecule has 2 aromatic carbocycles. The summed E-state index contributed by atoms with van der Waals surface area (Å²) < 4.78 is 37.4. The number of ether oxygens (including phenoxy) is 2. The van der Waals surface area contributed by atoms with Crippen molar-refractivity contribution in [1.29, 1.82) is 0 Å². The predicted molar refractivity (Wildman–Crippen MR) is 96.8 cm³/mol. The second kappa shape index (κ2) is 7.88. The first-order valence-electron chi connectivity index (χ1n) is 8.40. The summed E-state index contributed by atoms with van der Waals surface area (Å²) in [5.74, 6) is 0.227. The van der Waals surface area contributed by atoms with Gasteiger partial charge in [-0.15, -0.1) is 0 Å². The van der Waals surface area contributed by atoms with E-state index in [-0.39, 0.29) is 23.1 Å². The third kappa shape index (κ3) is 4.83. The highest BCUT2D eigenvalue weighted by atomic mass is 32.2. The Morgan fingerprint density at radius 3 is 2.54 bits per heavy atom. The Morgan fingerprint density at radius 2 is 1.88 bits per heavy atom. The highest BCUT2D eigenvalue weighted by molar-refractivity contribution is 7.89. The highest BCUT2D eigenvalue weighted by Gasteiger charge is 2.28. The summed E-state index contributed by atoms with van der Waals surface area (Å²) in [6, 6.07) is 13.4. The minimum absolute atomic E-state index is 0.0140. The molecule has 1 aliphatic carbocycles. The molecule has 3 rings (SSSR count). The first-order chi connectivity index (χ1) is 12.5. The van der Waals surface area contributed by atoms with E-state index < -0.39 is 16.0 Å². The number of sulfonamides is 1. The van der Waals surface area contributed by atoms with Crippen LogP contribution >= 0.6 is 0 Å². The van der Waals surface area contributed by atoms with Crippen molar-refractivity contribution in [2.45, 2.75) is 30.2 Å². The summed E-state index contributed by atoms with van der Waals surface area (Å²) in [6.07, 6.45) is 2.27. The van der Waals surface area contributed by atoms with E-state index in [1.54, 1.807) is 19.2 Å². The molecule has 0 aromatic heterocycles. The minimum atomic E-state index is -3.59. The molecule has 0 spiro atoms. The standard InChI is InChI=1S/C19H21NO5S/c1-24-17-9-5-14(6-10-17)11-12-25-19(21)15-3-2-4-18(13-15)26(22,23)20-16-7-8-16/h2-6,9-10,13,16,20H,7-8,11-12H2,1H3. The van der Waals surface area contributed by atoms with Crippen LogP contribution in [0.1, 0.15) is 28.8 Å². The minimum Gasteiger partial charge on any atom is -0.497 e. The SMILES string of the molecule is COc1ccc(CCOC(=O)c2cccc(S(=O)(=O)NC3CC3)c2)cc1. The molecule has 0 unspecified atom stereocenters. The van der Waals surface area contributed by atoms with Gasteiger partial charge >= 0.3 is 5.97 Å². The third-order valence-electron chi connectivity index (χ3n) is 4.06. The number of carbonyl (C=O) groups excluding carboxylic acids is 1. The monoisotopic (exact) mass is 375 g/mol. The molecule has 0 aliphatic heterocycles. The van der Waals surface area contributed by atoms with Crippen molar-refractivity contribution in [3.05, 3.63) is 59.7 Å². The van der Waals surface area contributed by atoms with Gasteiger partial charge in [0.05, 0.1) is 24.2 Å². The van der Waals surface area contributed by atoms with Crippen molar-refractivity contribution >= 4 is 16.0 Å². The molecule has 1 saturated carbocycles. The van der Waals surface area contributed by atoms with Gasteiger partial charge in [-0.05, 0) is 48.7 Å². The van der Waals surface area contributed by atoms with Crippen LogP contribution in [0.25, 0.3) is 0 Å². The average molecular weight is 375 g/mol. The molecule has 1 N–H and O–H groups in total. The molecule has 138 valence electrons. The van der Waals surface area contributed by atoms with E-state index in [1.807, 2.05) is 24.3 Å². The quantitative estimate of drug-likeness (QED) is 0.717. The number of benzene rings is 2. The molecule has 0 amide bonds. The van der Waals surface area contributed by atoms with Crippen LogP contribution < -0.4 is 9.46 Å². The van der Waals surface area contributed by atoms with E-state index >= 15 is 0 Å². The molecular weight excluding hydrogens is 354 g/mol. The summed E-state index contributed by atoms with van der Waals surface area (Å²) >= 11 is 0. The topological polar surface area (TPSA) is 81.7 Å². The summed E-state index contributed by atoms with van der Waals surface area (Å²) in [5, 5.41) is 0. The number of hydrogen-bond acceptors (Lipinski definition) is 5. The summed E-state index contributed by atoms with van der Waals surface area (Å²) in [6.45, 7) is 0.211. The maximum Gasteiger partial charge on any atom is 0.338 e. The van der Waals surface area contributed by atoms with Crippen molar-refractivity contribution in [3.63, 3.8) is 0 Å². The average Bonchev–Trinajstić information content (AvgIpc) is 3.45. The van der Waals surface area contributed by atoms with E-state index in [0.29, 0.717) is 6.42 Å². The van der Waals surface area contributed by atoms with E-state index in [1.165, 1.54) is 12.1 Å². The number of methoxy groups -OCH3 is 1. The van der Waals surface area contributed by atoms with Gasteiger partial charge in [0.15, 0.2) is 0 Å². The maximum absolute atomic E-state index is 12.2. The molecule has 0 saturated heterocycles. The Kier molecular flexibility index (Phi) is 5.58. The van der Waals surface area contributed by atoms with Crippen LogP contribution in [-0.2, 0) is 21.2 Å². The summed E-state index contributed by atoms with van der Waals surface area (Å²) in [4.78, 5) is 12.3. The predicted octanol–water partition coefficient (Wildman–Crippen LogP) is 2.54. The smallest absolute Gasteiger partial charge is 0.338 e. The second-order valence-electron chi connectivity index (χ2n) is 6.16. The molecule has 2 aromatic rings. The lowest BCUT2D eigenvalue weighted by molar-refractivity contribution is 0.0509. The molecular formula is C19H21NO5S. The third-order valence-corrected chi connectivity index (χ3v) is 5.58. The lowest BCUT2D eigenvalue weighted by atomic mass is 10.1. The van der Waals surface area contributed by atoms with Gasteiger partial charge in [-0.25, -0.2) is 17.9 Å². The van der Waals surface area contributed by atoms with Crippen LogP contribution in [0, 0.1) is 0 Å². The Labute approximate surface area is 153 Å². The zero-order valence-corrected chi connectivity index (χ0v) is 15.3. The zero-order valence-electron chi connectivity index (χ0n) is 14.5. The molecule has 0 atom stereocenters. The number of nitrogens with one attached hydrogen (secondary N) is 1. The fraction of sp³-hybridized carbons (Fsp3) is 0.316. The van der Waals surface area contributed by atoms with Gasteiger partial charge in [-0.3, -0.25) is 0 Å². The fourth-order valence-corrected chi connectivity index (χ4v) is 3.77. The van der Waals surface area contributed by atoms with Crippen molar-refractivity contribution in [2.24, 2.45) is 0 Å². The first kappa shape index (κ1) is 18.4. The zero-order chi connectivity index (χ0) is 18.6. The van der Waals surface area contributed by atoms with Crippen LogP contribution in [0.15, 0.2) is 53.4 Å². The Morgan fingerprint density at radius 1 is 1.15 bits per heavy atom. The van der Waals surface area contributed by atoms with Gasteiger partial charge in [0, 0.05) is 12.5 Å². The van der Waals surface area contributed by atoms with Gasteiger partial charge in [0.1, 0.15) is 5.75 Å². The number of esters is 1. The van der Waals surface area contributed by atoms with E-state index in [2.05, 4.69) is 4.72 Å². The van der Waals surface area contributed by atoms with Gasteiger partial charge in [-0.1, -0.05) is 18.2 Å². The van der Waals surface area contributed by atoms with E-state index in [0.717, 1.165) is 24.2 Å². The number of rotatable bonds is 8. The van der Waals surface area contributed by atoms with Crippen LogP contribution in [0.4, 0.5) is 0 Å². The molecule has 0 bridgehead atoms. The maximum atomic E-state index is 12.2. The van der Waals surface area contributed by atoms with Gasteiger partial charge < -0.3 is 9.47 Å². The van der Waals surface area contributed by atoms with Gasteiger partial charge in [0.25, 0.3) is 0 Å². The molecule has 0 radical (unpaired) electrons. The van der Waals surface area contributed by atoms with Crippen molar-refractivity contribution in [3.8, 4) is 5.75 Å². The number of hydrogen-bond donors (Lipinski definition) is 1. The molecule has 1 aliphatic rings. The van der Waals surface area contributed by atoms with Crippen LogP contribution in [-0.4, -0.2) is 34.1 Å². The lowest BCUT2D eigenvalue weighted by Gasteiger charge is -2.08. The first-order valence-corrected chi connectivity index (χ1v) is 9.89. The van der Waals surface area contributed by atoms with Gasteiger partial charge in [0.2, 0.25) is 10.0 Å². The molecule has 7 heteroatoms. The van der Waals surface area contributed by atoms with Crippen LogP contribution in [0.2, 0.25) is 0 Å². The van der Waals surface area contributed by atoms with E-state index in [9.17, 15) is 13.2 Å². The van der Waals surface area contributed by atoms with Crippen LogP contribution in [0.3, 0.4) is 0 Å². The molecule has 6 nitrogen and oxygen atoms in total. The van der Waals surface area contributed by atoms with Gasteiger partial charge in [-0.2, -0.15) is 0 Å². The van der Waals surface area contributed by atoms with Crippen molar-refractivity contribution in [2.75, 3.05) is 13.7 Å². The normalized spacial score (nSPS) is 14.0.